The number of ether oxygens (including phenoxy) is 1. The van der Waals surface area contributed by atoms with E-state index in [2.05, 4.69) is 5.32 Å². The molecular formula is C18H21NO2S. The van der Waals surface area contributed by atoms with Crippen LogP contribution in [0.1, 0.15) is 12.5 Å². The van der Waals surface area contributed by atoms with Crippen molar-refractivity contribution in [2.24, 2.45) is 0 Å². The highest BCUT2D eigenvalue weighted by Gasteiger charge is 2.08. The number of rotatable bonds is 7. The first-order chi connectivity index (χ1) is 10.6. The van der Waals surface area contributed by atoms with E-state index in [1.807, 2.05) is 68.4 Å². The summed E-state index contributed by atoms with van der Waals surface area (Å²) >= 11 is 1.53. The molecule has 1 N–H and O–H groups in total. The van der Waals surface area contributed by atoms with E-state index in [4.69, 9.17) is 4.74 Å². The van der Waals surface area contributed by atoms with Crippen LogP contribution in [-0.2, 0) is 4.79 Å². The fraction of sp³-hybridized carbons (Fsp3) is 0.278. The molecule has 0 unspecified atom stereocenters. The molecule has 0 spiro atoms. The van der Waals surface area contributed by atoms with E-state index in [1.54, 1.807) is 0 Å². The van der Waals surface area contributed by atoms with E-state index in [0.717, 1.165) is 10.6 Å². The lowest BCUT2D eigenvalue weighted by atomic mass is 10.2. The second-order valence-corrected chi connectivity index (χ2v) is 6.24. The van der Waals surface area contributed by atoms with Crippen molar-refractivity contribution in [3.63, 3.8) is 0 Å². The number of carbonyl (C=O) groups is 1. The Balaban J connectivity index is 1.68. The van der Waals surface area contributed by atoms with Gasteiger partial charge in [0.25, 0.3) is 0 Å². The quantitative estimate of drug-likeness (QED) is 0.792. The van der Waals surface area contributed by atoms with Crippen LogP contribution in [0.5, 0.6) is 5.75 Å². The summed E-state index contributed by atoms with van der Waals surface area (Å²) < 4.78 is 5.66. The minimum absolute atomic E-state index is 0.0221. The Morgan fingerprint density at radius 1 is 1.14 bits per heavy atom. The maximum atomic E-state index is 11.9. The highest BCUT2D eigenvalue weighted by Crippen LogP contribution is 2.16. The minimum Gasteiger partial charge on any atom is -0.491 e. The number of amides is 1. The summed E-state index contributed by atoms with van der Waals surface area (Å²) in [6, 6.07) is 17.8. The van der Waals surface area contributed by atoms with Crippen molar-refractivity contribution >= 4 is 17.7 Å². The highest BCUT2D eigenvalue weighted by molar-refractivity contribution is 8.00. The maximum Gasteiger partial charge on any atom is 0.230 e. The second kappa shape index (κ2) is 8.49. The van der Waals surface area contributed by atoms with Crippen LogP contribution in [0.2, 0.25) is 0 Å². The van der Waals surface area contributed by atoms with Gasteiger partial charge in [-0.2, -0.15) is 0 Å². The number of benzene rings is 2. The first kappa shape index (κ1) is 16.4. The predicted octanol–water partition coefficient (Wildman–Crippen LogP) is 3.67. The molecule has 0 aliphatic heterocycles. The van der Waals surface area contributed by atoms with Gasteiger partial charge in [-0.25, -0.2) is 0 Å². The van der Waals surface area contributed by atoms with Crippen molar-refractivity contribution in [3.05, 3.63) is 60.2 Å². The third-order valence-electron chi connectivity index (χ3n) is 3.04. The fourth-order valence-electron chi connectivity index (χ4n) is 1.88. The molecule has 0 fully saturated rings. The minimum atomic E-state index is -0.0230. The number of aryl methyl sites for hydroxylation is 1. The third kappa shape index (κ3) is 5.82. The Morgan fingerprint density at radius 2 is 1.82 bits per heavy atom. The summed E-state index contributed by atoms with van der Waals surface area (Å²) in [5.74, 6) is 1.26. The summed E-state index contributed by atoms with van der Waals surface area (Å²) in [5, 5.41) is 2.95. The Kier molecular flexibility index (Phi) is 6.34. The van der Waals surface area contributed by atoms with Gasteiger partial charge in [0.15, 0.2) is 0 Å². The zero-order valence-corrected chi connectivity index (χ0v) is 13.7. The molecule has 4 heteroatoms. The predicted molar refractivity (Wildman–Crippen MR) is 91.4 cm³/mol. The standard InChI is InChI=1S/C18H21NO2S/c1-14-8-10-16(11-9-14)21-12-15(2)19-18(20)13-22-17-6-4-3-5-7-17/h3-11,15H,12-13H2,1-2H3,(H,19,20)/t15-/m0/s1. The molecule has 0 saturated carbocycles. The maximum absolute atomic E-state index is 11.9. The van der Waals surface area contributed by atoms with Crippen molar-refractivity contribution in [2.75, 3.05) is 12.4 Å². The molecule has 2 aromatic rings. The van der Waals surface area contributed by atoms with Gasteiger partial charge in [0.1, 0.15) is 12.4 Å². The van der Waals surface area contributed by atoms with E-state index in [-0.39, 0.29) is 11.9 Å². The summed E-state index contributed by atoms with van der Waals surface area (Å²) in [7, 11) is 0. The summed E-state index contributed by atoms with van der Waals surface area (Å²) in [6.45, 7) is 4.45. The van der Waals surface area contributed by atoms with Crippen LogP contribution in [0, 0.1) is 6.92 Å². The molecular weight excluding hydrogens is 294 g/mol. The second-order valence-electron chi connectivity index (χ2n) is 5.19. The Hall–Kier alpha value is -1.94. The van der Waals surface area contributed by atoms with Gasteiger partial charge >= 0.3 is 0 Å². The van der Waals surface area contributed by atoms with Gasteiger partial charge in [-0.3, -0.25) is 4.79 Å². The lowest BCUT2D eigenvalue weighted by Gasteiger charge is -2.15. The molecule has 0 aromatic heterocycles. The van der Waals surface area contributed by atoms with Crippen molar-refractivity contribution in [3.8, 4) is 5.75 Å². The monoisotopic (exact) mass is 315 g/mol. The van der Waals surface area contributed by atoms with Crippen LogP contribution in [0.4, 0.5) is 0 Å². The normalized spacial score (nSPS) is 11.7. The molecule has 116 valence electrons. The van der Waals surface area contributed by atoms with Crippen molar-refractivity contribution in [2.45, 2.75) is 24.8 Å². The lowest BCUT2D eigenvalue weighted by Crippen LogP contribution is -2.37. The van der Waals surface area contributed by atoms with Gasteiger partial charge in [-0.1, -0.05) is 35.9 Å². The molecule has 0 radical (unpaired) electrons. The Bertz CT molecular complexity index is 584. The third-order valence-corrected chi connectivity index (χ3v) is 4.05. The van der Waals surface area contributed by atoms with E-state index in [9.17, 15) is 4.79 Å². The van der Waals surface area contributed by atoms with Gasteiger partial charge in [-0.15, -0.1) is 11.8 Å². The SMILES string of the molecule is Cc1ccc(OC[C@H](C)NC(=O)CSc2ccccc2)cc1. The average molecular weight is 315 g/mol. The first-order valence-electron chi connectivity index (χ1n) is 7.30. The van der Waals surface area contributed by atoms with Crippen LogP contribution in [0.15, 0.2) is 59.5 Å². The number of nitrogens with one attached hydrogen (secondary N) is 1. The van der Waals surface area contributed by atoms with Crippen molar-refractivity contribution < 1.29 is 9.53 Å². The van der Waals surface area contributed by atoms with E-state index >= 15 is 0 Å². The molecule has 0 heterocycles. The fourth-order valence-corrected chi connectivity index (χ4v) is 2.61. The topological polar surface area (TPSA) is 38.3 Å². The van der Waals surface area contributed by atoms with Crippen LogP contribution in [-0.4, -0.2) is 24.3 Å². The van der Waals surface area contributed by atoms with Crippen LogP contribution in [0.3, 0.4) is 0 Å². The molecule has 22 heavy (non-hydrogen) atoms. The van der Waals surface area contributed by atoms with Gasteiger partial charge in [-0.05, 0) is 38.1 Å². The molecule has 0 aliphatic carbocycles. The van der Waals surface area contributed by atoms with Gasteiger partial charge in [0.05, 0.1) is 11.8 Å². The number of carbonyl (C=O) groups excluding carboxylic acids is 1. The Morgan fingerprint density at radius 3 is 2.50 bits per heavy atom. The molecule has 1 atom stereocenters. The van der Waals surface area contributed by atoms with E-state index < -0.39 is 0 Å². The molecule has 3 nitrogen and oxygen atoms in total. The zero-order valence-electron chi connectivity index (χ0n) is 12.9. The van der Waals surface area contributed by atoms with Crippen LogP contribution >= 0.6 is 11.8 Å². The molecule has 0 aliphatic rings. The summed E-state index contributed by atoms with van der Waals surface area (Å²) in [6.07, 6.45) is 0. The smallest absolute Gasteiger partial charge is 0.230 e. The van der Waals surface area contributed by atoms with E-state index in [1.165, 1.54) is 17.3 Å². The van der Waals surface area contributed by atoms with Gasteiger partial charge in [0.2, 0.25) is 5.91 Å². The first-order valence-corrected chi connectivity index (χ1v) is 8.29. The number of hydrogen-bond donors (Lipinski definition) is 1. The van der Waals surface area contributed by atoms with Gasteiger partial charge < -0.3 is 10.1 Å². The molecule has 0 bridgehead atoms. The number of thioether (sulfide) groups is 1. The zero-order chi connectivity index (χ0) is 15.8. The summed E-state index contributed by atoms with van der Waals surface area (Å²) in [5.41, 5.74) is 1.20. The summed E-state index contributed by atoms with van der Waals surface area (Å²) in [4.78, 5) is 13.0. The van der Waals surface area contributed by atoms with Gasteiger partial charge in [0, 0.05) is 4.90 Å². The molecule has 1 amide bonds. The van der Waals surface area contributed by atoms with Crippen molar-refractivity contribution in [1.29, 1.82) is 0 Å². The van der Waals surface area contributed by atoms with Crippen LogP contribution < -0.4 is 10.1 Å². The average Bonchev–Trinajstić information content (AvgIpc) is 2.53. The molecule has 0 saturated heterocycles. The highest BCUT2D eigenvalue weighted by atomic mass is 32.2. The van der Waals surface area contributed by atoms with Crippen LogP contribution in [0.25, 0.3) is 0 Å². The molecule has 2 aromatic carbocycles. The largest absolute Gasteiger partial charge is 0.491 e. The number of hydrogen-bond acceptors (Lipinski definition) is 3. The lowest BCUT2D eigenvalue weighted by molar-refractivity contribution is -0.119. The Labute approximate surface area is 136 Å². The molecule has 2 rings (SSSR count). The van der Waals surface area contributed by atoms with Crippen molar-refractivity contribution in [1.82, 2.24) is 5.32 Å². The van der Waals surface area contributed by atoms with E-state index in [0.29, 0.717) is 12.4 Å².